The van der Waals surface area contributed by atoms with Crippen molar-refractivity contribution in [1.29, 1.82) is 0 Å². The predicted molar refractivity (Wildman–Crippen MR) is 84.8 cm³/mol. The fourth-order valence-corrected chi connectivity index (χ4v) is 3.91. The van der Waals surface area contributed by atoms with E-state index in [1.807, 2.05) is 0 Å². The van der Waals surface area contributed by atoms with Gasteiger partial charge in [0.25, 0.3) is 0 Å². The summed E-state index contributed by atoms with van der Waals surface area (Å²) in [7, 11) is -3.50. The first-order valence-electron chi connectivity index (χ1n) is 7.16. The molecule has 1 aliphatic rings. The Kier molecular flexibility index (Phi) is 5.62. The Hall–Kier alpha value is -0.660. The van der Waals surface area contributed by atoms with Crippen molar-refractivity contribution in [1.82, 2.24) is 9.62 Å². The van der Waals surface area contributed by atoms with E-state index in [2.05, 4.69) is 16.5 Å². The largest absolute Gasteiger partial charge is 0.326 e. The van der Waals surface area contributed by atoms with Gasteiger partial charge in [-0.2, -0.15) is 0 Å². The van der Waals surface area contributed by atoms with E-state index in [9.17, 15) is 8.42 Å². The SMILES string of the molecule is CCN1CCC(CNS(=O)(=O)c2ccc(Cl)c(CN)c2)C1. The fourth-order valence-electron chi connectivity index (χ4n) is 2.55. The van der Waals surface area contributed by atoms with Gasteiger partial charge in [-0.3, -0.25) is 0 Å². The Morgan fingerprint density at radius 2 is 2.24 bits per heavy atom. The van der Waals surface area contributed by atoms with Crippen LogP contribution in [0.15, 0.2) is 23.1 Å². The summed E-state index contributed by atoms with van der Waals surface area (Å²) in [6.45, 7) is 5.82. The number of benzene rings is 1. The number of hydrogen-bond donors (Lipinski definition) is 2. The van der Waals surface area contributed by atoms with Crippen molar-refractivity contribution >= 4 is 21.6 Å². The quantitative estimate of drug-likeness (QED) is 0.826. The third kappa shape index (κ3) is 4.17. The summed E-state index contributed by atoms with van der Waals surface area (Å²) in [5.74, 6) is 0.376. The minimum Gasteiger partial charge on any atom is -0.326 e. The van der Waals surface area contributed by atoms with Crippen LogP contribution in [0.25, 0.3) is 0 Å². The van der Waals surface area contributed by atoms with Gasteiger partial charge in [0.1, 0.15) is 0 Å². The van der Waals surface area contributed by atoms with Crippen LogP contribution in [0.2, 0.25) is 5.02 Å². The molecule has 1 unspecified atom stereocenters. The van der Waals surface area contributed by atoms with E-state index in [1.165, 1.54) is 12.1 Å². The van der Waals surface area contributed by atoms with E-state index < -0.39 is 10.0 Å². The molecule has 0 aromatic heterocycles. The van der Waals surface area contributed by atoms with Gasteiger partial charge in [-0.25, -0.2) is 13.1 Å². The van der Waals surface area contributed by atoms with Gasteiger partial charge in [-0.15, -0.1) is 0 Å². The highest BCUT2D eigenvalue weighted by molar-refractivity contribution is 7.89. The van der Waals surface area contributed by atoms with Crippen molar-refractivity contribution in [3.8, 4) is 0 Å². The van der Waals surface area contributed by atoms with Crippen LogP contribution >= 0.6 is 11.6 Å². The molecule has 0 amide bonds. The lowest BCUT2D eigenvalue weighted by Gasteiger charge is -2.14. The molecule has 1 saturated heterocycles. The molecule has 0 bridgehead atoms. The highest BCUT2D eigenvalue weighted by Crippen LogP contribution is 2.21. The molecule has 0 spiro atoms. The zero-order valence-corrected chi connectivity index (χ0v) is 13.8. The molecule has 21 heavy (non-hydrogen) atoms. The molecule has 3 N–H and O–H groups in total. The van der Waals surface area contributed by atoms with Gasteiger partial charge in [-0.1, -0.05) is 18.5 Å². The third-order valence-corrected chi connectivity index (χ3v) is 5.72. The predicted octanol–water partition coefficient (Wildman–Crippen LogP) is 1.42. The van der Waals surface area contributed by atoms with Crippen LogP contribution < -0.4 is 10.5 Å². The molecule has 1 fully saturated rings. The number of nitrogens with one attached hydrogen (secondary N) is 1. The molecular weight excluding hydrogens is 310 g/mol. The van der Waals surface area contributed by atoms with Gasteiger partial charge in [0.2, 0.25) is 10.0 Å². The van der Waals surface area contributed by atoms with Crippen molar-refractivity contribution in [3.05, 3.63) is 28.8 Å². The van der Waals surface area contributed by atoms with Crippen LogP contribution in [-0.2, 0) is 16.6 Å². The van der Waals surface area contributed by atoms with Gasteiger partial charge >= 0.3 is 0 Å². The van der Waals surface area contributed by atoms with Crippen LogP contribution in [0, 0.1) is 5.92 Å². The van der Waals surface area contributed by atoms with E-state index in [0.717, 1.165) is 26.1 Å². The lowest BCUT2D eigenvalue weighted by atomic mass is 10.1. The lowest BCUT2D eigenvalue weighted by molar-refractivity contribution is 0.342. The zero-order valence-electron chi connectivity index (χ0n) is 12.2. The van der Waals surface area contributed by atoms with Crippen LogP contribution in [0.3, 0.4) is 0 Å². The normalized spacial score (nSPS) is 20.0. The number of rotatable bonds is 6. The number of nitrogens with zero attached hydrogens (tertiary/aromatic N) is 1. The molecular formula is C14H22ClN3O2S. The highest BCUT2D eigenvalue weighted by Gasteiger charge is 2.23. The first kappa shape index (κ1) is 16.7. The van der Waals surface area contributed by atoms with E-state index in [-0.39, 0.29) is 11.4 Å². The number of sulfonamides is 1. The maximum Gasteiger partial charge on any atom is 0.240 e. The maximum atomic E-state index is 12.3. The Morgan fingerprint density at radius 3 is 2.86 bits per heavy atom. The summed E-state index contributed by atoms with van der Waals surface area (Å²) in [5.41, 5.74) is 6.20. The van der Waals surface area contributed by atoms with Crippen molar-refractivity contribution in [2.45, 2.75) is 24.8 Å². The Morgan fingerprint density at radius 1 is 1.48 bits per heavy atom. The molecule has 1 aromatic rings. The highest BCUT2D eigenvalue weighted by atomic mass is 35.5. The summed E-state index contributed by atoms with van der Waals surface area (Å²) in [6.07, 6.45) is 1.03. The van der Waals surface area contributed by atoms with E-state index in [4.69, 9.17) is 17.3 Å². The summed E-state index contributed by atoms with van der Waals surface area (Å²) < 4.78 is 27.3. The molecule has 0 saturated carbocycles. The van der Waals surface area contributed by atoms with Crippen LogP contribution in [0.5, 0.6) is 0 Å². The van der Waals surface area contributed by atoms with Crippen molar-refractivity contribution in [2.75, 3.05) is 26.2 Å². The second kappa shape index (κ2) is 7.07. The summed E-state index contributed by atoms with van der Waals surface area (Å²) >= 11 is 5.96. The van der Waals surface area contributed by atoms with E-state index >= 15 is 0 Å². The lowest BCUT2D eigenvalue weighted by Crippen LogP contribution is -2.31. The fraction of sp³-hybridized carbons (Fsp3) is 0.571. The minimum atomic E-state index is -3.50. The molecule has 5 nitrogen and oxygen atoms in total. The van der Waals surface area contributed by atoms with Gasteiger partial charge in [0.15, 0.2) is 0 Å². The average molecular weight is 332 g/mol. The van der Waals surface area contributed by atoms with Gasteiger partial charge in [-0.05, 0) is 49.2 Å². The standard InChI is InChI=1S/C14H22ClN3O2S/c1-2-18-6-5-11(10-18)9-17-21(19,20)13-3-4-14(15)12(7-13)8-16/h3-4,7,11,17H,2,5-6,8-10,16H2,1H3. The van der Waals surface area contributed by atoms with E-state index in [1.54, 1.807) is 6.07 Å². The minimum absolute atomic E-state index is 0.219. The first-order valence-corrected chi connectivity index (χ1v) is 9.03. The summed E-state index contributed by atoms with van der Waals surface area (Å²) in [6, 6.07) is 4.63. The van der Waals surface area contributed by atoms with Crippen molar-refractivity contribution in [3.63, 3.8) is 0 Å². The molecule has 0 aliphatic carbocycles. The molecule has 1 atom stereocenters. The van der Waals surface area contributed by atoms with Crippen molar-refractivity contribution < 1.29 is 8.42 Å². The Balaban J connectivity index is 2.02. The second-order valence-electron chi connectivity index (χ2n) is 5.36. The first-order chi connectivity index (χ1) is 9.96. The average Bonchev–Trinajstić information content (AvgIpc) is 2.93. The van der Waals surface area contributed by atoms with Gasteiger partial charge < -0.3 is 10.6 Å². The summed E-state index contributed by atoms with van der Waals surface area (Å²) in [4.78, 5) is 2.55. The Labute approximate surface area is 131 Å². The molecule has 7 heteroatoms. The van der Waals surface area contributed by atoms with Gasteiger partial charge in [0.05, 0.1) is 4.90 Å². The molecule has 1 aliphatic heterocycles. The molecule has 1 heterocycles. The number of nitrogens with two attached hydrogens (primary N) is 1. The molecule has 0 radical (unpaired) electrons. The monoisotopic (exact) mass is 331 g/mol. The third-order valence-electron chi connectivity index (χ3n) is 3.93. The van der Waals surface area contributed by atoms with E-state index in [0.29, 0.717) is 23.0 Å². The number of hydrogen-bond acceptors (Lipinski definition) is 4. The topological polar surface area (TPSA) is 75.4 Å². The summed E-state index contributed by atoms with van der Waals surface area (Å²) in [5, 5.41) is 0.492. The molecule has 1 aromatic carbocycles. The van der Waals surface area contributed by atoms with Crippen LogP contribution in [-0.4, -0.2) is 39.5 Å². The smallest absolute Gasteiger partial charge is 0.240 e. The molecule has 2 rings (SSSR count). The maximum absolute atomic E-state index is 12.3. The molecule has 118 valence electrons. The van der Waals surface area contributed by atoms with Crippen LogP contribution in [0.1, 0.15) is 18.9 Å². The second-order valence-corrected chi connectivity index (χ2v) is 7.53. The van der Waals surface area contributed by atoms with Crippen molar-refractivity contribution in [2.24, 2.45) is 11.7 Å². The number of halogens is 1. The number of likely N-dealkylation sites (tertiary alicyclic amines) is 1. The van der Waals surface area contributed by atoms with Crippen LogP contribution in [0.4, 0.5) is 0 Å². The zero-order chi connectivity index (χ0) is 15.5. The van der Waals surface area contributed by atoms with Gasteiger partial charge in [0, 0.05) is 24.7 Å². The Bertz CT molecular complexity index is 592.